The lowest BCUT2D eigenvalue weighted by molar-refractivity contribution is 0.0362. The highest BCUT2D eigenvalue weighted by Gasteiger charge is 2.48. The summed E-state index contributed by atoms with van der Waals surface area (Å²) in [4.78, 5) is 38.5. The number of nitrogens with zero attached hydrogens (tertiary/aromatic N) is 5. The largest absolute Gasteiger partial charge is 0.442 e. The van der Waals surface area contributed by atoms with Crippen molar-refractivity contribution in [3.63, 3.8) is 0 Å². The highest BCUT2D eigenvalue weighted by Crippen LogP contribution is 2.27. The van der Waals surface area contributed by atoms with E-state index in [2.05, 4.69) is 14.9 Å². The molecule has 140 valence electrons. The predicted molar refractivity (Wildman–Crippen MR) is 90.6 cm³/mol. The van der Waals surface area contributed by atoms with Gasteiger partial charge in [0.1, 0.15) is 11.8 Å². The number of carbonyl (C=O) groups excluding carboxylic acids is 2. The average Bonchev–Trinajstić information content (AvgIpc) is 3.21. The number of hydrogen-bond donors (Lipinski definition) is 0. The van der Waals surface area contributed by atoms with Crippen molar-refractivity contribution in [2.75, 3.05) is 52.5 Å². The van der Waals surface area contributed by atoms with Crippen LogP contribution in [0.4, 0.5) is 4.79 Å². The third-order valence-corrected chi connectivity index (χ3v) is 5.17. The van der Waals surface area contributed by atoms with Gasteiger partial charge in [-0.2, -0.15) is 0 Å². The molecular formula is C17H23N5O4. The van der Waals surface area contributed by atoms with Crippen molar-refractivity contribution < 1.29 is 19.1 Å². The van der Waals surface area contributed by atoms with Crippen LogP contribution in [0, 0.1) is 0 Å². The van der Waals surface area contributed by atoms with E-state index in [1.54, 1.807) is 9.80 Å². The highest BCUT2D eigenvalue weighted by molar-refractivity contribution is 5.92. The van der Waals surface area contributed by atoms with Crippen molar-refractivity contribution in [2.45, 2.75) is 18.6 Å². The first-order valence-corrected chi connectivity index (χ1v) is 9.05. The van der Waals surface area contributed by atoms with Crippen LogP contribution in [0.2, 0.25) is 0 Å². The van der Waals surface area contributed by atoms with Crippen LogP contribution in [-0.2, 0) is 9.47 Å². The Hall–Kier alpha value is -2.26. The average molecular weight is 361 g/mol. The van der Waals surface area contributed by atoms with Gasteiger partial charge in [0.25, 0.3) is 5.91 Å². The van der Waals surface area contributed by atoms with Crippen LogP contribution in [0.1, 0.15) is 16.9 Å². The molecule has 0 aromatic carbocycles. The SMILES string of the molecule is O=C(c1cnccn1)N1C[C@H]2OC(=O)N(CCCN3CCOCC3)[C@H]2C1. The van der Waals surface area contributed by atoms with E-state index in [1.807, 2.05) is 0 Å². The van der Waals surface area contributed by atoms with Crippen LogP contribution in [0.3, 0.4) is 0 Å². The van der Waals surface area contributed by atoms with E-state index in [4.69, 9.17) is 9.47 Å². The quantitative estimate of drug-likeness (QED) is 0.720. The second kappa shape index (κ2) is 7.55. The van der Waals surface area contributed by atoms with Crippen LogP contribution < -0.4 is 0 Å². The maximum absolute atomic E-state index is 12.5. The zero-order chi connectivity index (χ0) is 17.9. The van der Waals surface area contributed by atoms with Crippen LogP contribution in [0.15, 0.2) is 18.6 Å². The molecule has 3 saturated heterocycles. The molecule has 0 saturated carbocycles. The molecule has 0 aliphatic carbocycles. The maximum atomic E-state index is 12.5. The number of ether oxygens (including phenoxy) is 2. The molecule has 3 aliphatic heterocycles. The molecule has 26 heavy (non-hydrogen) atoms. The molecule has 1 aromatic rings. The van der Waals surface area contributed by atoms with E-state index in [-0.39, 0.29) is 24.1 Å². The number of carbonyl (C=O) groups is 2. The third-order valence-electron chi connectivity index (χ3n) is 5.17. The molecule has 2 amide bonds. The van der Waals surface area contributed by atoms with E-state index in [1.165, 1.54) is 18.6 Å². The standard InChI is InChI=1S/C17H23N5O4/c23-16(13-10-18-2-3-19-13)21-11-14-15(12-21)26-17(24)22(14)5-1-4-20-6-8-25-9-7-20/h2-3,10,14-15H,1,4-9,11-12H2/t14-,15+/m0/s1. The first-order valence-electron chi connectivity index (χ1n) is 9.05. The Morgan fingerprint density at radius 1 is 1.19 bits per heavy atom. The molecule has 2 atom stereocenters. The first kappa shape index (κ1) is 17.2. The van der Waals surface area contributed by atoms with Gasteiger partial charge >= 0.3 is 6.09 Å². The molecule has 0 unspecified atom stereocenters. The number of rotatable bonds is 5. The highest BCUT2D eigenvalue weighted by atomic mass is 16.6. The van der Waals surface area contributed by atoms with Crippen LogP contribution >= 0.6 is 0 Å². The normalized spacial score (nSPS) is 26.1. The fraction of sp³-hybridized carbons (Fsp3) is 0.647. The molecule has 1 aromatic heterocycles. The summed E-state index contributed by atoms with van der Waals surface area (Å²) >= 11 is 0. The van der Waals surface area contributed by atoms with Crippen molar-refractivity contribution >= 4 is 12.0 Å². The maximum Gasteiger partial charge on any atom is 0.410 e. The summed E-state index contributed by atoms with van der Waals surface area (Å²) in [5.41, 5.74) is 0.317. The molecule has 9 heteroatoms. The molecule has 4 heterocycles. The molecule has 0 bridgehead atoms. The van der Waals surface area contributed by atoms with E-state index in [9.17, 15) is 9.59 Å². The lowest BCUT2D eigenvalue weighted by atomic mass is 10.2. The van der Waals surface area contributed by atoms with Gasteiger partial charge in [0.05, 0.1) is 32.0 Å². The summed E-state index contributed by atoms with van der Waals surface area (Å²) in [5.74, 6) is -0.170. The van der Waals surface area contributed by atoms with Crippen LogP contribution in [0.25, 0.3) is 0 Å². The lowest BCUT2D eigenvalue weighted by Gasteiger charge is -2.28. The summed E-state index contributed by atoms with van der Waals surface area (Å²) in [6.07, 6.45) is 4.86. The summed E-state index contributed by atoms with van der Waals surface area (Å²) in [6, 6.07) is -0.0761. The minimum absolute atomic E-state index is 0.0761. The summed E-state index contributed by atoms with van der Waals surface area (Å²) in [5, 5.41) is 0. The zero-order valence-electron chi connectivity index (χ0n) is 14.6. The molecule has 0 spiro atoms. The minimum atomic E-state index is -0.270. The van der Waals surface area contributed by atoms with Crippen molar-refractivity contribution in [2.24, 2.45) is 0 Å². The Labute approximate surface area is 151 Å². The lowest BCUT2D eigenvalue weighted by Crippen LogP contribution is -2.42. The zero-order valence-corrected chi connectivity index (χ0v) is 14.6. The van der Waals surface area contributed by atoms with E-state index in [0.29, 0.717) is 25.3 Å². The second-order valence-corrected chi connectivity index (χ2v) is 6.79. The molecule has 0 radical (unpaired) electrons. The van der Waals surface area contributed by atoms with Crippen molar-refractivity contribution in [1.82, 2.24) is 24.7 Å². The Bertz CT molecular complexity index is 652. The van der Waals surface area contributed by atoms with Gasteiger partial charge < -0.3 is 14.4 Å². The van der Waals surface area contributed by atoms with Gasteiger partial charge in [0.2, 0.25) is 0 Å². The van der Waals surface area contributed by atoms with Crippen molar-refractivity contribution in [3.8, 4) is 0 Å². The summed E-state index contributed by atoms with van der Waals surface area (Å²) in [7, 11) is 0. The summed E-state index contributed by atoms with van der Waals surface area (Å²) in [6.45, 7) is 5.89. The van der Waals surface area contributed by atoms with Gasteiger partial charge in [-0.1, -0.05) is 0 Å². The minimum Gasteiger partial charge on any atom is -0.442 e. The Balaban J connectivity index is 1.32. The van der Waals surface area contributed by atoms with Crippen LogP contribution in [-0.4, -0.2) is 101 Å². The Morgan fingerprint density at radius 3 is 2.81 bits per heavy atom. The van der Waals surface area contributed by atoms with Gasteiger partial charge in [-0.25, -0.2) is 9.78 Å². The Kier molecular flexibility index (Phi) is 4.98. The fourth-order valence-corrected chi connectivity index (χ4v) is 3.79. The van der Waals surface area contributed by atoms with Crippen molar-refractivity contribution in [3.05, 3.63) is 24.3 Å². The predicted octanol–water partition coefficient (Wildman–Crippen LogP) is -0.156. The third kappa shape index (κ3) is 3.49. The van der Waals surface area contributed by atoms with E-state index in [0.717, 1.165) is 39.3 Å². The Morgan fingerprint density at radius 2 is 2.04 bits per heavy atom. The number of aromatic nitrogens is 2. The monoisotopic (exact) mass is 361 g/mol. The molecule has 4 rings (SSSR count). The van der Waals surface area contributed by atoms with Gasteiger partial charge in [0, 0.05) is 45.1 Å². The number of hydrogen-bond acceptors (Lipinski definition) is 7. The fourth-order valence-electron chi connectivity index (χ4n) is 3.79. The topological polar surface area (TPSA) is 88.1 Å². The molecule has 3 fully saturated rings. The smallest absolute Gasteiger partial charge is 0.410 e. The molecule has 9 nitrogen and oxygen atoms in total. The van der Waals surface area contributed by atoms with Crippen LogP contribution in [0.5, 0.6) is 0 Å². The number of fused-ring (bicyclic) bond motifs is 1. The van der Waals surface area contributed by atoms with Gasteiger partial charge in [0.15, 0.2) is 0 Å². The van der Waals surface area contributed by atoms with Gasteiger partial charge in [-0.15, -0.1) is 0 Å². The molecule has 0 N–H and O–H groups in total. The second-order valence-electron chi connectivity index (χ2n) is 6.79. The summed E-state index contributed by atoms with van der Waals surface area (Å²) < 4.78 is 10.8. The first-order chi connectivity index (χ1) is 12.7. The molecule has 3 aliphatic rings. The number of amides is 2. The number of morpholine rings is 1. The van der Waals surface area contributed by atoms with Crippen molar-refractivity contribution in [1.29, 1.82) is 0 Å². The van der Waals surface area contributed by atoms with E-state index < -0.39 is 0 Å². The van der Waals surface area contributed by atoms with Gasteiger partial charge in [-0.05, 0) is 6.42 Å². The number of likely N-dealkylation sites (tertiary alicyclic amines) is 1. The van der Waals surface area contributed by atoms with E-state index >= 15 is 0 Å². The molecular weight excluding hydrogens is 338 g/mol. The van der Waals surface area contributed by atoms with Gasteiger partial charge in [-0.3, -0.25) is 19.6 Å².